The largest absolute Gasteiger partial charge is 0.444 e. The van der Waals surface area contributed by atoms with E-state index in [1.54, 1.807) is 36.2 Å². The minimum atomic E-state index is -0.498. The third-order valence-electron chi connectivity index (χ3n) is 6.45. The number of rotatable bonds is 6. The van der Waals surface area contributed by atoms with Crippen molar-refractivity contribution in [2.75, 3.05) is 50.5 Å². The summed E-state index contributed by atoms with van der Waals surface area (Å²) < 4.78 is 20.5. The van der Waals surface area contributed by atoms with Crippen molar-refractivity contribution in [3.05, 3.63) is 54.2 Å². The van der Waals surface area contributed by atoms with Crippen LogP contribution in [-0.4, -0.2) is 86.7 Å². The zero-order valence-electron chi connectivity index (χ0n) is 23.4. The van der Waals surface area contributed by atoms with Crippen LogP contribution in [0.1, 0.15) is 26.3 Å². The van der Waals surface area contributed by atoms with Crippen LogP contribution in [0.15, 0.2) is 42.9 Å². The number of H-pyrrole nitrogens is 1. The van der Waals surface area contributed by atoms with E-state index in [1.807, 2.05) is 45.0 Å². The Labute approximate surface area is 232 Å². The standard InChI is InChI=1S/C28H34FN9O2/c1-28(2,3)40-27(39)38-12-10-37(11-13-38)16-18-8-9-30-22(14-18)35-26-33-20-7-6-19(15-21(20)34-26)24-23(29)25(36(4)5)32-17-31-24/h6-9,14-15,17H,10-13,16H2,1-5H3,(H2,30,33,34,35). The highest BCUT2D eigenvalue weighted by Gasteiger charge is 2.26. The van der Waals surface area contributed by atoms with Gasteiger partial charge >= 0.3 is 6.09 Å². The molecule has 1 fully saturated rings. The molecule has 0 spiro atoms. The van der Waals surface area contributed by atoms with Crippen molar-refractivity contribution >= 4 is 34.7 Å². The fraction of sp³-hybridized carbons (Fsp3) is 0.393. The van der Waals surface area contributed by atoms with E-state index in [4.69, 9.17) is 4.74 Å². The second-order valence-corrected chi connectivity index (χ2v) is 11.0. The average molecular weight is 548 g/mol. The summed E-state index contributed by atoms with van der Waals surface area (Å²) in [6, 6.07) is 9.40. The van der Waals surface area contributed by atoms with E-state index in [2.05, 4.69) is 35.1 Å². The number of fused-ring (bicyclic) bond motifs is 1. The lowest BCUT2D eigenvalue weighted by Gasteiger charge is -2.35. The molecule has 40 heavy (non-hydrogen) atoms. The molecule has 1 aliphatic heterocycles. The average Bonchev–Trinajstić information content (AvgIpc) is 3.29. The lowest BCUT2D eigenvalue weighted by Crippen LogP contribution is -2.49. The lowest BCUT2D eigenvalue weighted by atomic mass is 10.1. The summed E-state index contributed by atoms with van der Waals surface area (Å²) in [7, 11) is 3.47. The monoisotopic (exact) mass is 547 g/mol. The van der Waals surface area contributed by atoms with Crippen molar-refractivity contribution in [2.24, 2.45) is 0 Å². The smallest absolute Gasteiger partial charge is 0.410 e. The summed E-state index contributed by atoms with van der Waals surface area (Å²) in [6.45, 7) is 9.14. The van der Waals surface area contributed by atoms with Gasteiger partial charge in [-0.25, -0.2) is 29.1 Å². The van der Waals surface area contributed by atoms with Gasteiger partial charge in [-0.05, 0) is 50.6 Å². The van der Waals surface area contributed by atoms with Crippen molar-refractivity contribution < 1.29 is 13.9 Å². The molecule has 5 rings (SSSR count). The topological polar surface area (TPSA) is 115 Å². The first-order valence-electron chi connectivity index (χ1n) is 13.2. The molecule has 4 aromatic rings. The van der Waals surface area contributed by atoms with E-state index in [0.29, 0.717) is 30.4 Å². The Kier molecular flexibility index (Phi) is 7.53. The number of ether oxygens (including phenoxy) is 1. The van der Waals surface area contributed by atoms with E-state index in [9.17, 15) is 9.18 Å². The van der Waals surface area contributed by atoms with Gasteiger partial charge in [0, 0.05) is 58.6 Å². The van der Waals surface area contributed by atoms with Crippen molar-refractivity contribution in [1.82, 2.24) is 34.7 Å². The number of carbonyl (C=O) groups excluding carboxylic acids is 1. The Morgan fingerprint density at radius 1 is 1.10 bits per heavy atom. The van der Waals surface area contributed by atoms with Gasteiger partial charge in [0.05, 0.1) is 11.0 Å². The van der Waals surface area contributed by atoms with Crippen LogP contribution >= 0.6 is 0 Å². The molecule has 0 unspecified atom stereocenters. The molecule has 12 heteroatoms. The minimum absolute atomic E-state index is 0.228. The maximum absolute atomic E-state index is 15.0. The second-order valence-electron chi connectivity index (χ2n) is 11.0. The number of imidazole rings is 1. The van der Waals surface area contributed by atoms with Crippen LogP contribution in [0.2, 0.25) is 0 Å². The van der Waals surface area contributed by atoms with Crippen molar-refractivity contribution in [2.45, 2.75) is 32.9 Å². The SMILES string of the molecule is CN(C)c1ncnc(-c2ccc3nc(Nc4cc(CN5CCN(C(=O)OC(C)(C)C)CC5)ccn4)[nH]c3c2)c1F. The third-order valence-corrected chi connectivity index (χ3v) is 6.45. The molecule has 1 aromatic carbocycles. The zero-order chi connectivity index (χ0) is 28.4. The molecular weight excluding hydrogens is 513 g/mol. The summed E-state index contributed by atoms with van der Waals surface area (Å²) in [5.41, 5.74) is 2.92. The number of pyridine rings is 1. The summed E-state index contributed by atoms with van der Waals surface area (Å²) in [5.74, 6) is 0.937. The van der Waals surface area contributed by atoms with Crippen LogP contribution in [0.25, 0.3) is 22.3 Å². The molecule has 0 saturated carbocycles. The van der Waals surface area contributed by atoms with Gasteiger partial charge in [-0.15, -0.1) is 0 Å². The fourth-order valence-electron chi connectivity index (χ4n) is 4.53. The van der Waals surface area contributed by atoms with Crippen LogP contribution in [0.4, 0.5) is 26.8 Å². The minimum Gasteiger partial charge on any atom is -0.444 e. The first kappa shape index (κ1) is 27.3. The van der Waals surface area contributed by atoms with Crippen molar-refractivity contribution in [3.63, 3.8) is 0 Å². The first-order chi connectivity index (χ1) is 19.1. The summed E-state index contributed by atoms with van der Waals surface area (Å²) in [6.07, 6.45) is 2.86. The Morgan fingerprint density at radius 3 is 2.60 bits per heavy atom. The van der Waals surface area contributed by atoms with Gasteiger partial charge in [-0.2, -0.15) is 0 Å². The van der Waals surface area contributed by atoms with Crippen molar-refractivity contribution in [1.29, 1.82) is 0 Å². The number of hydrogen-bond acceptors (Lipinski definition) is 9. The Morgan fingerprint density at radius 2 is 1.88 bits per heavy atom. The molecule has 11 nitrogen and oxygen atoms in total. The van der Waals surface area contributed by atoms with Gasteiger partial charge in [-0.1, -0.05) is 6.07 Å². The Hall–Kier alpha value is -4.32. The number of aromatic nitrogens is 5. The number of piperazine rings is 1. The number of nitrogens with zero attached hydrogens (tertiary/aromatic N) is 7. The summed E-state index contributed by atoms with van der Waals surface area (Å²) in [5, 5.41) is 3.24. The highest BCUT2D eigenvalue weighted by Crippen LogP contribution is 2.28. The number of nitrogens with one attached hydrogen (secondary N) is 2. The first-order valence-corrected chi connectivity index (χ1v) is 13.2. The normalized spacial score (nSPS) is 14.4. The highest BCUT2D eigenvalue weighted by molar-refractivity contribution is 5.83. The van der Waals surface area contributed by atoms with Gasteiger partial charge in [0.1, 0.15) is 23.4 Å². The predicted molar refractivity (Wildman–Crippen MR) is 152 cm³/mol. The molecule has 0 atom stereocenters. The van der Waals surface area contributed by atoms with Crippen LogP contribution in [0, 0.1) is 5.82 Å². The van der Waals surface area contributed by atoms with E-state index < -0.39 is 11.4 Å². The van der Waals surface area contributed by atoms with Crippen LogP contribution in [0.3, 0.4) is 0 Å². The molecule has 1 amide bonds. The fourth-order valence-corrected chi connectivity index (χ4v) is 4.53. The Balaban J connectivity index is 1.24. The van der Waals surface area contributed by atoms with Crippen LogP contribution < -0.4 is 10.2 Å². The lowest BCUT2D eigenvalue weighted by molar-refractivity contribution is 0.0139. The van der Waals surface area contributed by atoms with Crippen LogP contribution in [-0.2, 0) is 11.3 Å². The molecule has 0 aliphatic carbocycles. The molecule has 1 saturated heterocycles. The number of anilines is 3. The molecule has 4 heterocycles. The summed E-state index contributed by atoms with van der Waals surface area (Å²) in [4.78, 5) is 38.5. The molecule has 0 bridgehead atoms. The summed E-state index contributed by atoms with van der Waals surface area (Å²) >= 11 is 0. The third kappa shape index (κ3) is 6.28. The molecular formula is C28H34FN9O2. The maximum atomic E-state index is 15.0. The Bertz CT molecular complexity index is 1510. The van der Waals surface area contributed by atoms with E-state index in [-0.39, 0.29) is 17.6 Å². The number of benzene rings is 1. The van der Waals surface area contributed by atoms with Gasteiger partial charge in [0.15, 0.2) is 11.6 Å². The number of hydrogen-bond donors (Lipinski definition) is 2. The molecule has 1 aliphatic rings. The van der Waals surface area contributed by atoms with Crippen molar-refractivity contribution in [3.8, 4) is 11.3 Å². The van der Waals surface area contributed by atoms with E-state index >= 15 is 0 Å². The molecule has 0 radical (unpaired) electrons. The second kappa shape index (κ2) is 11.0. The molecule has 210 valence electrons. The molecule has 3 aromatic heterocycles. The highest BCUT2D eigenvalue weighted by atomic mass is 19.1. The van der Waals surface area contributed by atoms with E-state index in [0.717, 1.165) is 36.2 Å². The van der Waals surface area contributed by atoms with Gasteiger partial charge in [0.25, 0.3) is 0 Å². The molecule has 2 N–H and O–H groups in total. The number of aromatic amines is 1. The quantitative estimate of drug-likeness (QED) is 0.362. The zero-order valence-corrected chi connectivity index (χ0v) is 23.4. The van der Waals surface area contributed by atoms with Gasteiger partial charge < -0.3 is 24.8 Å². The van der Waals surface area contributed by atoms with Gasteiger partial charge in [-0.3, -0.25) is 4.90 Å². The predicted octanol–water partition coefficient (Wildman–Crippen LogP) is 4.42. The number of halogens is 1. The number of amides is 1. The van der Waals surface area contributed by atoms with E-state index in [1.165, 1.54) is 6.33 Å². The van der Waals surface area contributed by atoms with Gasteiger partial charge in [0.2, 0.25) is 5.95 Å². The number of carbonyl (C=O) groups is 1. The maximum Gasteiger partial charge on any atom is 0.410 e. The van der Waals surface area contributed by atoms with Crippen LogP contribution in [0.5, 0.6) is 0 Å².